The van der Waals surface area contributed by atoms with Crippen LogP contribution in [0.2, 0.25) is 0 Å². The molecule has 0 aliphatic carbocycles. The number of anilines is 2. The van der Waals surface area contributed by atoms with Gasteiger partial charge in [-0.1, -0.05) is 6.92 Å². The lowest BCUT2D eigenvalue weighted by Crippen LogP contribution is -2.31. The van der Waals surface area contributed by atoms with Gasteiger partial charge in [-0.2, -0.15) is 0 Å². The van der Waals surface area contributed by atoms with Gasteiger partial charge in [-0.05, 0) is 27.2 Å². The standard InChI is InChI=1S/C13H24N4/c1-6-8-11-15-12(14-5)9-13(16-11)17(7-2)10(3)4/h9-10H,6-8H2,1-5H3,(H,14,15,16). The molecule has 0 fully saturated rings. The molecule has 4 heteroatoms. The molecule has 0 spiro atoms. The van der Waals surface area contributed by atoms with Gasteiger partial charge in [-0.25, -0.2) is 9.97 Å². The van der Waals surface area contributed by atoms with Gasteiger partial charge in [0.2, 0.25) is 0 Å². The van der Waals surface area contributed by atoms with Gasteiger partial charge in [0.05, 0.1) is 0 Å². The molecule has 0 amide bonds. The molecule has 1 N–H and O–H groups in total. The van der Waals surface area contributed by atoms with Crippen molar-refractivity contribution in [3.05, 3.63) is 11.9 Å². The minimum absolute atomic E-state index is 0.453. The Bertz CT molecular complexity index is 349. The van der Waals surface area contributed by atoms with E-state index in [4.69, 9.17) is 0 Å². The van der Waals surface area contributed by atoms with Crippen LogP contribution in [0.3, 0.4) is 0 Å². The van der Waals surface area contributed by atoms with Crippen molar-refractivity contribution in [2.24, 2.45) is 0 Å². The molecule has 1 heterocycles. The van der Waals surface area contributed by atoms with E-state index < -0.39 is 0 Å². The Morgan fingerprint density at radius 1 is 1.29 bits per heavy atom. The van der Waals surface area contributed by atoms with Crippen LogP contribution in [0, 0.1) is 0 Å². The zero-order chi connectivity index (χ0) is 12.8. The molecule has 1 aromatic heterocycles. The fourth-order valence-corrected chi connectivity index (χ4v) is 1.89. The van der Waals surface area contributed by atoms with E-state index in [1.165, 1.54) is 0 Å². The summed E-state index contributed by atoms with van der Waals surface area (Å²) in [7, 11) is 1.90. The van der Waals surface area contributed by atoms with E-state index >= 15 is 0 Å². The molecule has 0 aliphatic heterocycles. The maximum absolute atomic E-state index is 4.64. The second-order valence-corrected chi connectivity index (χ2v) is 4.41. The van der Waals surface area contributed by atoms with Crippen LogP contribution < -0.4 is 10.2 Å². The molecule has 0 saturated carbocycles. The van der Waals surface area contributed by atoms with Crippen LogP contribution in [0.5, 0.6) is 0 Å². The highest BCUT2D eigenvalue weighted by Gasteiger charge is 2.12. The van der Waals surface area contributed by atoms with Crippen LogP contribution in [0.1, 0.15) is 39.9 Å². The predicted octanol–water partition coefficient (Wildman–Crippen LogP) is 2.71. The largest absolute Gasteiger partial charge is 0.373 e. The van der Waals surface area contributed by atoms with Gasteiger partial charge in [0.25, 0.3) is 0 Å². The van der Waals surface area contributed by atoms with E-state index in [0.717, 1.165) is 36.8 Å². The molecule has 0 saturated heterocycles. The first-order valence-electron chi connectivity index (χ1n) is 6.44. The number of aryl methyl sites for hydroxylation is 1. The van der Waals surface area contributed by atoms with Crippen molar-refractivity contribution in [1.29, 1.82) is 0 Å². The molecule has 0 unspecified atom stereocenters. The summed E-state index contributed by atoms with van der Waals surface area (Å²) in [5.41, 5.74) is 0. The molecular formula is C13H24N4. The first-order chi connectivity index (χ1) is 8.12. The third-order valence-electron chi connectivity index (χ3n) is 2.75. The van der Waals surface area contributed by atoms with Crippen LogP contribution in [0.25, 0.3) is 0 Å². The highest BCUT2D eigenvalue weighted by molar-refractivity contribution is 5.49. The second-order valence-electron chi connectivity index (χ2n) is 4.41. The Labute approximate surface area is 104 Å². The summed E-state index contributed by atoms with van der Waals surface area (Å²) in [5, 5.41) is 3.11. The van der Waals surface area contributed by atoms with Gasteiger partial charge in [-0.3, -0.25) is 0 Å². The topological polar surface area (TPSA) is 41.1 Å². The Kier molecular flexibility index (Phi) is 5.19. The van der Waals surface area contributed by atoms with E-state index in [1.807, 2.05) is 13.1 Å². The van der Waals surface area contributed by atoms with Gasteiger partial charge in [0, 0.05) is 32.1 Å². The Morgan fingerprint density at radius 3 is 2.47 bits per heavy atom. The lowest BCUT2D eigenvalue weighted by Gasteiger charge is -2.26. The number of hydrogen-bond donors (Lipinski definition) is 1. The minimum Gasteiger partial charge on any atom is -0.373 e. The molecule has 0 atom stereocenters. The van der Waals surface area contributed by atoms with Crippen molar-refractivity contribution in [2.75, 3.05) is 23.8 Å². The molecule has 0 aromatic carbocycles. The molecule has 1 rings (SSSR count). The zero-order valence-electron chi connectivity index (χ0n) is 11.6. The quantitative estimate of drug-likeness (QED) is 0.824. The van der Waals surface area contributed by atoms with Crippen molar-refractivity contribution in [1.82, 2.24) is 9.97 Å². The summed E-state index contributed by atoms with van der Waals surface area (Å²) >= 11 is 0. The SMILES string of the molecule is CCCc1nc(NC)cc(N(CC)C(C)C)n1. The molecule has 96 valence electrons. The number of aromatic nitrogens is 2. The summed E-state index contributed by atoms with van der Waals surface area (Å²) in [6.07, 6.45) is 2.00. The van der Waals surface area contributed by atoms with Gasteiger partial charge in [0.1, 0.15) is 17.5 Å². The highest BCUT2D eigenvalue weighted by atomic mass is 15.2. The van der Waals surface area contributed by atoms with Crippen molar-refractivity contribution in [3.8, 4) is 0 Å². The number of rotatable bonds is 6. The molecule has 1 aromatic rings. The lowest BCUT2D eigenvalue weighted by molar-refractivity contribution is 0.686. The molecule has 0 radical (unpaired) electrons. The zero-order valence-corrected chi connectivity index (χ0v) is 11.6. The van der Waals surface area contributed by atoms with Crippen LogP contribution in [0.15, 0.2) is 6.07 Å². The average Bonchev–Trinajstić information content (AvgIpc) is 2.29. The van der Waals surface area contributed by atoms with Crippen LogP contribution in [-0.2, 0) is 6.42 Å². The molecule has 17 heavy (non-hydrogen) atoms. The molecule has 0 bridgehead atoms. The Hall–Kier alpha value is -1.32. The lowest BCUT2D eigenvalue weighted by atomic mass is 10.3. The van der Waals surface area contributed by atoms with Crippen LogP contribution in [-0.4, -0.2) is 29.6 Å². The first-order valence-corrected chi connectivity index (χ1v) is 6.44. The van der Waals surface area contributed by atoms with Crippen molar-refractivity contribution in [3.63, 3.8) is 0 Å². The first kappa shape index (κ1) is 13.7. The van der Waals surface area contributed by atoms with Crippen molar-refractivity contribution < 1.29 is 0 Å². The number of hydrogen-bond acceptors (Lipinski definition) is 4. The summed E-state index contributed by atoms with van der Waals surface area (Å²) in [6.45, 7) is 9.63. The number of nitrogens with zero attached hydrogens (tertiary/aromatic N) is 3. The summed E-state index contributed by atoms with van der Waals surface area (Å²) in [4.78, 5) is 11.4. The van der Waals surface area contributed by atoms with Gasteiger partial charge < -0.3 is 10.2 Å². The third-order valence-corrected chi connectivity index (χ3v) is 2.75. The van der Waals surface area contributed by atoms with Crippen molar-refractivity contribution >= 4 is 11.6 Å². The maximum atomic E-state index is 4.64. The third kappa shape index (κ3) is 3.58. The molecular weight excluding hydrogens is 212 g/mol. The van der Waals surface area contributed by atoms with Crippen LogP contribution in [0.4, 0.5) is 11.6 Å². The van der Waals surface area contributed by atoms with E-state index in [0.29, 0.717) is 6.04 Å². The normalized spacial score (nSPS) is 10.7. The predicted molar refractivity (Wildman–Crippen MR) is 73.7 cm³/mol. The fourth-order valence-electron chi connectivity index (χ4n) is 1.89. The summed E-state index contributed by atoms with van der Waals surface area (Å²) < 4.78 is 0. The van der Waals surface area contributed by atoms with E-state index in [2.05, 4.69) is 47.9 Å². The van der Waals surface area contributed by atoms with E-state index in [1.54, 1.807) is 0 Å². The second kappa shape index (κ2) is 6.42. The van der Waals surface area contributed by atoms with Gasteiger partial charge in [0.15, 0.2) is 0 Å². The highest BCUT2D eigenvalue weighted by Crippen LogP contribution is 2.18. The Morgan fingerprint density at radius 2 is 2.00 bits per heavy atom. The summed E-state index contributed by atoms with van der Waals surface area (Å²) in [6, 6.07) is 2.47. The Balaban J connectivity index is 3.08. The summed E-state index contributed by atoms with van der Waals surface area (Å²) in [5.74, 6) is 2.84. The monoisotopic (exact) mass is 236 g/mol. The average molecular weight is 236 g/mol. The minimum atomic E-state index is 0.453. The van der Waals surface area contributed by atoms with Gasteiger partial charge in [-0.15, -0.1) is 0 Å². The van der Waals surface area contributed by atoms with Gasteiger partial charge >= 0.3 is 0 Å². The van der Waals surface area contributed by atoms with E-state index in [9.17, 15) is 0 Å². The molecule has 4 nitrogen and oxygen atoms in total. The maximum Gasteiger partial charge on any atom is 0.134 e. The van der Waals surface area contributed by atoms with E-state index in [-0.39, 0.29) is 0 Å². The smallest absolute Gasteiger partial charge is 0.134 e. The fraction of sp³-hybridized carbons (Fsp3) is 0.692. The van der Waals surface area contributed by atoms with Crippen molar-refractivity contribution in [2.45, 2.75) is 46.6 Å². The van der Waals surface area contributed by atoms with Crippen LogP contribution >= 0.6 is 0 Å². The molecule has 0 aliphatic rings. The number of nitrogens with one attached hydrogen (secondary N) is 1.